The summed E-state index contributed by atoms with van der Waals surface area (Å²) in [5, 5.41) is 0. The van der Waals surface area contributed by atoms with Gasteiger partial charge in [-0.3, -0.25) is 0 Å². The average Bonchev–Trinajstić information content (AvgIpc) is 1.86. The standard InChI is InChI=1S/C6H9N3OS/c1-5-8-3-6(4-9-5)11(2,7)10/h3-4,7H,1-2H3. The van der Waals surface area contributed by atoms with E-state index in [9.17, 15) is 4.21 Å². The van der Waals surface area contributed by atoms with Crippen molar-refractivity contribution in [2.24, 2.45) is 0 Å². The third-order valence-corrected chi connectivity index (χ3v) is 2.32. The molecule has 0 spiro atoms. The van der Waals surface area contributed by atoms with E-state index in [4.69, 9.17) is 4.78 Å². The van der Waals surface area contributed by atoms with Crippen LogP contribution >= 0.6 is 0 Å². The molecule has 0 saturated carbocycles. The number of nitrogens with zero attached hydrogens (tertiary/aromatic N) is 2. The molecular weight excluding hydrogens is 162 g/mol. The molecule has 0 saturated heterocycles. The molecule has 0 aliphatic carbocycles. The minimum Gasteiger partial charge on any atom is -0.249 e. The van der Waals surface area contributed by atoms with Crippen molar-refractivity contribution in [3.63, 3.8) is 0 Å². The molecule has 0 aliphatic rings. The summed E-state index contributed by atoms with van der Waals surface area (Å²) in [5.74, 6) is 0.623. The molecule has 4 nitrogen and oxygen atoms in total. The quantitative estimate of drug-likeness (QED) is 0.680. The zero-order valence-electron chi connectivity index (χ0n) is 6.37. The lowest BCUT2D eigenvalue weighted by Gasteiger charge is -1.98. The van der Waals surface area contributed by atoms with Crippen LogP contribution in [0.3, 0.4) is 0 Å². The molecule has 0 aromatic carbocycles. The Morgan fingerprint density at radius 3 is 2.27 bits per heavy atom. The normalized spacial score (nSPS) is 15.8. The van der Waals surface area contributed by atoms with Gasteiger partial charge in [0.1, 0.15) is 5.82 Å². The van der Waals surface area contributed by atoms with Crippen LogP contribution in [-0.4, -0.2) is 20.4 Å². The topological polar surface area (TPSA) is 66.7 Å². The Labute approximate surface area is 65.7 Å². The SMILES string of the molecule is Cc1ncc(S(C)(=N)=O)cn1. The Morgan fingerprint density at radius 2 is 1.91 bits per heavy atom. The summed E-state index contributed by atoms with van der Waals surface area (Å²) in [6.45, 7) is 1.74. The predicted octanol–water partition coefficient (Wildman–Crippen LogP) is 0.820. The fourth-order valence-corrected chi connectivity index (χ4v) is 1.09. The highest BCUT2D eigenvalue weighted by molar-refractivity contribution is 7.91. The Morgan fingerprint density at radius 1 is 1.45 bits per heavy atom. The van der Waals surface area contributed by atoms with E-state index < -0.39 is 9.73 Å². The zero-order chi connectivity index (χ0) is 8.48. The summed E-state index contributed by atoms with van der Waals surface area (Å²) in [5.41, 5.74) is 0. The molecule has 0 aliphatic heterocycles. The summed E-state index contributed by atoms with van der Waals surface area (Å²) >= 11 is 0. The summed E-state index contributed by atoms with van der Waals surface area (Å²) in [4.78, 5) is 8.05. The van der Waals surface area contributed by atoms with Crippen LogP contribution in [0.25, 0.3) is 0 Å². The van der Waals surface area contributed by atoms with Crippen molar-refractivity contribution in [2.45, 2.75) is 11.8 Å². The molecule has 1 atom stereocenters. The molecule has 11 heavy (non-hydrogen) atoms. The van der Waals surface area contributed by atoms with Crippen molar-refractivity contribution in [3.05, 3.63) is 18.2 Å². The lowest BCUT2D eigenvalue weighted by atomic mass is 10.6. The number of nitrogens with one attached hydrogen (secondary N) is 1. The molecule has 5 heteroatoms. The molecule has 1 unspecified atom stereocenters. The van der Waals surface area contributed by atoms with Gasteiger partial charge in [0, 0.05) is 18.6 Å². The van der Waals surface area contributed by atoms with Gasteiger partial charge < -0.3 is 0 Å². The van der Waals surface area contributed by atoms with E-state index in [-0.39, 0.29) is 0 Å². The molecule has 0 bridgehead atoms. The first-order valence-corrected chi connectivity index (χ1v) is 4.99. The Kier molecular flexibility index (Phi) is 1.90. The number of rotatable bonds is 1. The minimum absolute atomic E-state index is 0.378. The highest BCUT2D eigenvalue weighted by atomic mass is 32.2. The first kappa shape index (κ1) is 8.13. The van der Waals surface area contributed by atoms with Gasteiger partial charge in [-0.2, -0.15) is 0 Å². The highest BCUT2D eigenvalue weighted by Gasteiger charge is 2.02. The first-order valence-electron chi connectivity index (χ1n) is 3.02. The second kappa shape index (κ2) is 2.58. The third kappa shape index (κ3) is 1.98. The monoisotopic (exact) mass is 171 g/mol. The fraction of sp³-hybridized carbons (Fsp3) is 0.333. The number of hydrogen-bond donors (Lipinski definition) is 1. The van der Waals surface area contributed by atoms with Crippen LogP contribution in [0.15, 0.2) is 17.3 Å². The molecule has 0 radical (unpaired) electrons. The summed E-state index contributed by atoms with van der Waals surface area (Å²) in [7, 11) is -2.64. The maximum Gasteiger partial charge on any atom is 0.125 e. The molecule has 1 heterocycles. The van der Waals surface area contributed by atoms with Crippen LogP contribution < -0.4 is 0 Å². The zero-order valence-corrected chi connectivity index (χ0v) is 7.18. The summed E-state index contributed by atoms with van der Waals surface area (Å²) < 4.78 is 18.3. The number of aromatic nitrogens is 2. The van der Waals surface area contributed by atoms with Crippen molar-refractivity contribution in [3.8, 4) is 0 Å². The largest absolute Gasteiger partial charge is 0.249 e. The second-order valence-corrected chi connectivity index (χ2v) is 4.47. The molecule has 0 amide bonds. The molecule has 1 aromatic heterocycles. The Balaban J connectivity index is 3.20. The van der Waals surface area contributed by atoms with Crippen LogP contribution in [0.1, 0.15) is 5.82 Å². The van der Waals surface area contributed by atoms with Gasteiger partial charge in [0.25, 0.3) is 0 Å². The van der Waals surface area contributed by atoms with Gasteiger partial charge in [-0.15, -0.1) is 0 Å². The van der Waals surface area contributed by atoms with Crippen molar-refractivity contribution >= 4 is 9.73 Å². The van der Waals surface area contributed by atoms with Crippen LogP contribution in [0.5, 0.6) is 0 Å². The van der Waals surface area contributed by atoms with Gasteiger partial charge in [0.05, 0.1) is 14.6 Å². The Hall–Kier alpha value is -0.970. The van der Waals surface area contributed by atoms with E-state index in [2.05, 4.69) is 9.97 Å². The highest BCUT2D eigenvalue weighted by Crippen LogP contribution is 2.04. The second-order valence-electron chi connectivity index (χ2n) is 2.31. The number of aryl methyl sites for hydroxylation is 1. The van der Waals surface area contributed by atoms with Crippen LogP contribution in [0.2, 0.25) is 0 Å². The predicted molar refractivity (Wildman–Crippen MR) is 41.8 cm³/mol. The summed E-state index contributed by atoms with van der Waals surface area (Å²) in [6, 6.07) is 0. The van der Waals surface area contributed by atoms with Crippen molar-refractivity contribution in [1.29, 1.82) is 4.78 Å². The van der Waals surface area contributed by atoms with Crippen LogP contribution in [0, 0.1) is 11.7 Å². The molecular formula is C6H9N3OS. The van der Waals surface area contributed by atoms with Crippen molar-refractivity contribution in [1.82, 2.24) is 9.97 Å². The maximum atomic E-state index is 11.1. The first-order chi connectivity index (χ1) is 5.00. The fourth-order valence-electron chi connectivity index (χ4n) is 0.582. The van der Waals surface area contributed by atoms with Gasteiger partial charge in [-0.05, 0) is 6.92 Å². The summed E-state index contributed by atoms with van der Waals surface area (Å²) in [6.07, 6.45) is 4.20. The van der Waals surface area contributed by atoms with Crippen LogP contribution in [0.4, 0.5) is 0 Å². The van der Waals surface area contributed by atoms with E-state index in [0.29, 0.717) is 10.7 Å². The van der Waals surface area contributed by atoms with Gasteiger partial charge in [0.15, 0.2) is 0 Å². The number of hydrogen-bond acceptors (Lipinski definition) is 4. The lowest BCUT2D eigenvalue weighted by Crippen LogP contribution is -1.97. The molecule has 60 valence electrons. The van der Waals surface area contributed by atoms with Crippen molar-refractivity contribution in [2.75, 3.05) is 6.26 Å². The third-order valence-electron chi connectivity index (χ3n) is 1.21. The Bertz CT molecular complexity index is 341. The average molecular weight is 171 g/mol. The molecule has 1 rings (SSSR count). The van der Waals surface area contributed by atoms with Gasteiger partial charge in [-0.1, -0.05) is 0 Å². The van der Waals surface area contributed by atoms with E-state index >= 15 is 0 Å². The van der Waals surface area contributed by atoms with E-state index in [1.165, 1.54) is 18.6 Å². The van der Waals surface area contributed by atoms with E-state index in [1.807, 2.05) is 0 Å². The molecule has 1 N–H and O–H groups in total. The van der Waals surface area contributed by atoms with Gasteiger partial charge in [0.2, 0.25) is 0 Å². The van der Waals surface area contributed by atoms with Crippen LogP contribution in [-0.2, 0) is 9.73 Å². The van der Waals surface area contributed by atoms with E-state index in [0.717, 1.165) is 0 Å². The van der Waals surface area contributed by atoms with E-state index in [1.54, 1.807) is 6.92 Å². The molecule has 1 aromatic rings. The van der Waals surface area contributed by atoms with Gasteiger partial charge >= 0.3 is 0 Å². The maximum absolute atomic E-state index is 11.1. The molecule has 0 fully saturated rings. The lowest BCUT2D eigenvalue weighted by molar-refractivity contribution is 0.678. The smallest absolute Gasteiger partial charge is 0.125 e. The van der Waals surface area contributed by atoms with Crippen molar-refractivity contribution < 1.29 is 4.21 Å². The van der Waals surface area contributed by atoms with Gasteiger partial charge in [-0.25, -0.2) is 19.0 Å². The minimum atomic E-state index is -2.64.